The average Bonchev–Trinajstić information content (AvgIpc) is 2.37. The van der Waals surface area contributed by atoms with Crippen LogP contribution in [0.4, 0.5) is 0 Å². The molecule has 1 rings (SSSR count). The van der Waals surface area contributed by atoms with E-state index in [1.54, 1.807) is 0 Å². The Balaban J connectivity index is 2.36. The molecule has 1 unspecified atom stereocenters. The molecule has 0 saturated carbocycles. The second-order valence-corrected chi connectivity index (χ2v) is 2.28. The van der Waals surface area contributed by atoms with Crippen LogP contribution in [-0.2, 0) is 14.3 Å². The number of hydrogen-bond donors (Lipinski definition) is 2. The monoisotopic (exact) mass is 158 g/mol. The third-order valence-corrected chi connectivity index (χ3v) is 1.46. The molecule has 3 N–H and O–H groups in total. The topological polar surface area (TPSA) is 81.4 Å². The Hall–Kier alpha value is -1.10. The number of ether oxygens (including phenoxy) is 1. The molecule has 0 aromatic rings. The fourth-order valence-electron chi connectivity index (χ4n) is 0.880. The standard InChI is InChI=1S/C6H10N2O3/c7-3-5(9)8-4-1-2-11-6(4)10/h4H,1-3,7H2,(H,8,9). The molecule has 0 radical (unpaired) electrons. The Morgan fingerprint density at radius 1 is 1.82 bits per heavy atom. The number of nitrogens with two attached hydrogens (primary N) is 1. The molecule has 62 valence electrons. The lowest BCUT2D eigenvalue weighted by Gasteiger charge is -2.05. The van der Waals surface area contributed by atoms with Crippen LogP contribution in [0.25, 0.3) is 0 Å². The first-order valence-corrected chi connectivity index (χ1v) is 3.40. The summed E-state index contributed by atoms with van der Waals surface area (Å²) in [4.78, 5) is 21.4. The van der Waals surface area contributed by atoms with E-state index in [9.17, 15) is 9.59 Å². The van der Waals surface area contributed by atoms with Crippen molar-refractivity contribution < 1.29 is 14.3 Å². The summed E-state index contributed by atoms with van der Waals surface area (Å²) in [6, 6.07) is -0.481. The van der Waals surface area contributed by atoms with Gasteiger partial charge in [0, 0.05) is 6.42 Å². The zero-order chi connectivity index (χ0) is 8.27. The van der Waals surface area contributed by atoms with Crippen molar-refractivity contribution in [1.29, 1.82) is 0 Å². The summed E-state index contributed by atoms with van der Waals surface area (Å²) in [6.07, 6.45) is 0.546. The lowest BCUT2D eigenvalue weighted by molar-refractivity contribution is -0.141. The second-order valence-electron chi connectivity index (χ2n) is 2.28. The van der Waals surface area contributed by atoms with Gasteiger partial charge in [-0.1, -0.05) is 0 Å². The van der Waals surface area contributed by atoms with Gasteiger partial charge in [0.05, 0.1) is 13.2 Å². The number of rotatable bonds is 2. The molecule has 0 spiro atoms. The number of nitrogens with one attached hydrogen (secondary N) is 1. The minimum atomic E-state index is -0.481. The van der Waals surface area contributed by atoms with Gasteiger partial charge < -0.3 is 15.8 Å². The number of carbonyl (C=O) groups is 2. The van der Waals surface area contributed by atoms with Gasteiger partial charge in [0.2, 0.25) is 5.91 Å². The quantitative estimate of drug-likeness (QED) is 0.473. The Labute approximate surface area is 63.9 Å². The summed E-state index contributed by atoms with van der Waals surface area (Å²) < 4.78 is 4.62. The van der Waals surface area contributed by atoms with Gasteiger partial charge in [-0.2, -0.15) is 0 Å². The van der Waals surface area contributed by atoms with Crippen molar-refractivity contribution in [2.45, 2.75) is 12.5 Å². The molecule has 0 aromatic heterocycles. The van der Waals surface area contributed by atoms with E-state index in [1.165, 1.54) is 0 Å². The van der Waals surface area contributed by atoms with E-state index < -0.39 is 6.04 Å². The fraction of sp³-hybridized carbons (Fsp3) is 0.667. The maximum absolute atomic E-state index is 10.7. The summed E-state index contributed by atoms with van der Waals surface area (Å²) in [7, 11) is 0. The van der Waals surface area contributed by atoms with Crippen LogP contribution < -0.4 is 11.1 Å². The Morgan fingerprint density at radius 2 is 2.55 bits per heavy atom. The van der Waals surface area contributed by atoms with Gasteiger partial charge in [-0.05, 0) is 0 Å². The van der Waals surface area contributed by atoms with E-state index in [2.05, 4.69) is 10.1 Å². The van der Waals surface area contributed by atoms with Gasteiger partial charge in [-0.3, -0.25) is 4.79 Å². The van der Waals surface area contributed by atoms with Crippen LogP contribution in [0.3, 0.4) is 0 Å². The van der Waals surface area contributed by atoms with Crippen LogP contribution in [0.5, 0.6) is 0 Å². The molecular formula is C6H10N2O3. The number of esters is 1. The Morgan fingerprint density at radius 3 is 3.00 bits per heavy atom. The van der Waals surface area contributed by atoms with Crippen molar-refractivity contribution in [3.63, 3.8) is 0 Å². The predicted molar refractivity (Wildman–Crippen MR) is 36.6 cm³/mol. The van der Waals surface area contributed by atoms with Crippen LogP contribution in [0, 0.1) is 0 Å². The molecule has 11 heavy (non-hydrogen) atoms. The SMILES string of the molecule is NCC(=O)NC1CCOC1=O. The lowest BCUT2D eigenvalue weighted by Crippen LogP contribution is -2.41. The molecule has 1 heterocycles. The molecule has 1 atom stereocenters. The highest BCUT2D eigenvalue weighted by atomic mass is 16.5. The van der Waals surface area contributed by atoms with Crippen LogP contribution in [0.15, 0.2) is 0 Å². The summed E-state index contributed by atoms with van der Waals surface area (Å²) in [5, 5.41) is 2.44. The summed E-state index contributed by atoms with van der Waals surface area (Å²) in [5.41, 5.74) is 5.03. The molecule has 1 aliphatic rings. The van der Waals surface area contributed by atoms with E-state index in [0.717, 1.165) is 0 Å². The maximum atomic E-state index is 10.7. The zero-order valence-electron chi connectivity index (χ0n) is 6.00. The fourth-order valence-corrected chi connectivity index (χ4v) is 0.880. The first kappa shape index (κ1) is 8.00. The van der Waals surface area contributed by atoms with E-state index in [0.29, 0.717) is 13.0 Å². The maximum Gasteiger partial charge on any atom is 0.328 e. The molecular weight excluding hydrogens is 148 g/mol. The molecule has 5 nitrogen and oxygen atoms in total. The molecule has 0 aromatic carbocycles. The highest BCUT2D eigenvalue weighted by molar-refractivity contribution is 5.86. The third kappa shape index (κ3) is 1.91. The summed E-state index contributed by atoms with van der Waals surface area (Å²) >= 11 is 0. The minimum Gasteiger partial charge on any atom is -0.464 e. The van der Waals surface area contributed by atoms with Crippen LogP contribution >= 0.6 is 0 Å². The highest BCUT2D eigenvalue weighted by Crippen LogP contribution is 2.04. The van der Waals surface area contributed by atoms with Crippen LogP contribution in [0.2, 0.25) is 0 Å². The van der Waals surface area contributed by atoms with Gasteiger partial charge in [0.1, 0.15) is 6.04 Å². The molecule has 1 aliphatic heterocycles. The van der Waals surface area contributed by atoms with Gasteiger partial charge >= 0.3 is 5.97 Å². The number of carbonyl (C=O) groups excluding carboxylic acids is 2. The van der Waals surface area contributed by atoms with Gasteiger partial charge in [0.25, 0.3) is 0 Å². The minimum absolute atomic E-state index is 0.0935. The lowest BCUT2D eigenvalue weighted by atomic mass is 10.2. The highest BCUT2D eigenvalue weighted by Gasteiger charge is 2.27. The normalized spacial score (nSPS) is 23.0. The van der Waals surface area contributed by atoms with E-state index >= 15 is 0 Å². The van der Waals surface area contributed by atoms with Crippen LogP contribution in [-0.4, -0.2) is 31.1 Å². The third-order valence-electron chi connectivity index (χ3n) is 1.46. The molecule has 0 aliphatic carbocycles. The first-order chi connectivity index (χ1) is 5.24. The average molecular weight is 158 g/mol. The van der Waals surface area contributed by atoms with Gasteiger partial charge in [0.15, 0.2) is 0 Å². The largest absolute Gasteiger partial charge is 0.464 e. The zero-order valence-corrected chi connectivity index (χ0v) is 6.00. The first-order valence-electron chi connectivity index (χ1n) is 3.40. The Bertz CT molecular complexity index is 181. The smallest absolute Gasteiger partial charge is 0.328 e. The van der Waals surface area contributed by atoms with Crippen LogP contribution in [0.1, 0.15) is 6.42 Å². The molecule has 0 bridgehead atoms. The number of amides is 1. The molecule has 5 heteroatoms. The van der Waals surface area contributed by atoms with Crippen molar-refractivity contribution in [3.05, 3.63) is 0 Å². The number of hydrogen-bond acceptors (Lipinski definition) is 4. The van der Waals surface area contributed by atoms with Gasteiger partial charge in [-0.15, -0.1) is 0 Å². The van der Waals surface area contributed by atoms with Crippen molar-refractivity contribution in [2.24, 2.45) is 5.73 Å². The van der Waals surface area contributed by atoms with Crippen molar-refractivity contribution in [3.8, 4) is 0 Å². The molecule has 1 amide bonds. The van der Waals surface area contributed by atoms with E-state index in [4.69, 9.17) is 5.73 Å². The van der Waals surface area contributed by atoms with Crippen molar-refractivity contribution >= 4 is 11.9 Å². The van der Waals surface area contributed by atoms with Crippen molar-refractivity contribution in [1.82, 2.24) is 5.32 Å². The summed E-state index contributed by atoms with van der Waals surface area (Å²) in [5.74, 6) is -0.694. The second kappa shape index (κ2) is 3.34. The Kier molecular flexibility index (Phi) is 2.43. The van der Waals surface area contributed by atoms with Crippen molar-refractivity contribution in [2.75, 3.05) is 13.2 Å². The molecule has 1 saturated heterocycles. The summed E-state index contributed by atoms with van der Waals surface area (Å²) in [6.45, 7) is 0.290. The predicted octanol–water partition coefficient (Wildman–Crippen LogP) is -1.62. The number of cyclic esters (lactones) is 1. The molecule has 1 fully saturated rings. The van der Waals surface area contributed by atoms with Gasteiger partial charge in [-0.25, -0.2) is 4.79 Å². The van der Waals surface area contributed by atoms with E-state index in [1.807, 2.05) is 0 Å². The van der Waals surface area contributed by atoms with E-state index in [-0.39, 0.29) is 18.4 Å².